The summed E-state index contributed by atoms with van der Waals surface area (Å²) in [5.74, 6) is 0.584. The summed E-state index contributed by atoms with van der Waals surface area (Å²) in [7, 11) is 3.40. The summed E-state index contributed by atoms with van der Waals surface area (Å²) in [6, 6.07) is 5.68. The van der Waals surface area contributed by atoms with E-state index in [4.69, 9.17) is 4.74 Å². The molecule has 1 aliphatic rings. The lowest BCUT2D eigenvalue weighted by Crippen LogP contribution is -2.46. The van der Waals surface area contributed by atoms with Gasteiger partial charge in [0.05, 0.1) is 18.7 Å². The molecule has 0 unspecified atom stereocenters. The Hall–Kier alpha value is -3.41. The molecule has 0 saturated carbocycles. The van der Waals surface area contributed by atoms with Crippen LogP contribution in [0.4, 0.5) is 19.1 Å². The fourth-order valence-corrected chi connectivity index (χ4v) is 4.32. The number of methoxy groups -OCH3 is 1. The summed E-state index contributed by atoms with van der Waals surface area (Å²) in [5.41, 5.74) is 3.13. The lowest BCUT2D eigenvalue weighted by atomic mass is 10.0. The molecule has 1 aliphatic heterocycles. The van der Waals surface area contributed by atoms with E-state index in [0.717, 1.165) is 17.7 Å². The SMILES string of the molecule is COc1nc(N[C@@H]2CCN(C)C[C@@H]2F)nn2ccc(-c3ccc4nnn([C@@H](C)C(F)F)c4c3)c12. The van der Waals surface area contributed by atoms with Crippen molar-refractivity contribution in [2.75, 3.05) is 32.6 Å². The molecule has 3 aromatic heterocycles. The van der Waals surface area contributed by atoms with Gasteiger partial charge in [-0.2, -0.15) is 4.98 Å². The summed E-state index contributed by atoms with van der Waals surface area (Å²) in [5, 5.41) is 15.5. The van der Waals surface area contributed by atoms with Crippen molar-refractivity contribution in [3.8, 4) is 17.0 Å². The van der Waals surface area contributed by atoms with Crippen LogP contribution in [0.25, 0.3) is 27.7 Å². The average molecular weight is 474 g/mol. The second-order valence-corrected chi connectivity index (χ2v) is 8.60. The van der Waals surface area contributed by atoms with Crippen LogP contribution < -0.4 is 10.1 Å². The maximum Gasteiger partial charge on any atom is 0.260 e. The van der Waals surface area contributed by atoms with Crippen LogP contribution in [0.1, 0.15) is 19.4 Å². The van der Waals surface area contributed by atoms with E-state index < -0.39 is 18.6 Å². The van der Waals surface area contributed by atoms with Gasteiger partial charge in [0.15, 0.2) is 0 Å². The number of rotatable bonds is 6. The molecule has 1 aromatic carbocycles. The summed E-state index contributed by atoms with van der Waals surface area (Å²) in [6.07, 6.45) is -1.22. The van der Waals surface area contributed by atoms with Crippen LogP contribution in [0.15, 0.2) is 30.5 Å². The minimum Gasteiger partial charge on any atom is -0.479 e. The van der Waals surface area contributed by atoms with Crippen molar-refractivity contribution in [3.05, 3.63) is 30.5 Å². The standard InChI is InChI=1S/C22H25F3N8O/c1-12(20(24)25)33-18-10-13(4-5-17(18)28-30-33)14-6-9-32-19(14)21(34-3)27-22(29-32)26-16-7-8-31(2)11-15(16)23/h4-6,9-10,12,15-16,20H,7-8,11H2,1-3H3,(H,26,29)/t12-,15-,16+/m0/s1. The molecule has 0 bridgehead atoms. The van der Waals surface area contributed by atoms with E-state index in [-0.39, 0.29) is 12.0 Å². The molecule has 0 amide bonds. The van der Waals surface area contributed by atoms with E-state index >= 15 is 0 Å². The Morgan fingerprint density at radius 1 is 1.24 bits per heavy atom. The molecular weight excluding hydrogens is 449 g/mol. The Morgan fingerprint density at radius 3 is 2.79 bits per heavy atom. The molecule has 3 atom stereocenters. The number of alkyl halides is 3. The summed E-state index contributed by atoms with van der Waals surface area (Å²) in [6.45, 7) is 2.53. The van der Waals surface area contributed by atoms with Gasteiger partial charge >= 0.3 is 0 Å². The van der Waals surface area contributed by atoms with Crippen molar-refractivity contribution in [2.24, 2.45) is 0 Å². The van der Waals surface area contributed by atoms with E-state index in [9.17, 15) is 13.2 Å². The van der Waals surface area contributed by atoms with Crippen LogP contribution in [0.3, 0.4) is 0 Å². The quantitative estimate of drug-likeness (QED) is 0.458. The lowest BCUT2D eigenvalue weighted by Gasteiger charge is -2.32. The molecule has 0 radical (unpaired) electrons. The first-order valence-corrected chi connectivity index (χ1v) is 11.0. The first-order chi connectivity index (χ1) is 16.4. The number of piperidine rings is 1. The number of hydrogen-bond donors (Lipinski definition) is 1. The molecule has 12 heteroatoms. The Labute approximate surface area is 193 Å². The molecule has 34 heavy (non-hydrogen) atoms. The van der Waals surface area contributed by atoms with Gasteiger partial charge in [-0.25, -0.2) is 22.4 Å². The summed E-state index contributed by atoms with van der Waals surface area (Å²) in [4.78, 5) is 6.42. The van der Waals surface area contributed by atoms with Crippen LogP contribution >= 0.6 is 0 Å². The largest absolute Gasteiger partial charge is 0.479 e. The first-order valence-electron chi connectivity index (χ1n) is 11.0. The van der Waals surface area contributed by atoms with Gasteiger partial charge in [0.1, 0.15) is 23.2 Å². The number of benzene rings is 1. The summed E-state index contributed by atoms with van der Waals surface area (Å²) < 4.78 is 49.5. The van der Waals surface area contributed by atoms with Crippen LogP contribution in [0.2, 0.25) is 0 Å². The highest BCUT2D eigenvalue weighted by molar-refractivity contribution is 5.89. The van der Waals surface area contributed by atoms with E-state index in [1.807, 2.05) is 24.1 Å². The Kier molecular flexibility index (Phi) is 5.76. The van der Waals surface area contributed by atoms with Crippen molar-refractivity contribution in [1.82, 2.24) is 34.5 Å². The second kappa shape index (κ2) is 8.75. The van der Waals surface area contributed by atoms with Crippen molar-refractivity contribution >= 4 is 22.5 Å². The molecule has 4 aromatic rings. The number of fused-ring (bicyclic) bond motifs is 2. The maximum atomic E-state index is 14.5. The lowest BCUT2D eigenvalue weighted by molar-refractivity contribution is 0.0866. The monoisotopic (exact) mass is 474 g/mol. The van der Waals surface area contributed by atoms with Gasteiger partial charge in [-0.3, -0.25) is 0 Å². The smallest absolute Gasteiger partial charge is 0.260 e. The molecule has 0 aliphatic carbocycles. The van der Waals surface area contributed by atoms with E-state index in [1.165, 1.54) is 18.7 Å². The third kappa shape index (κ3) is 3.91. The third-order valence-corrected chi connectivity index (χ3v) is 6.26. The Morgan fingerprint density at radius 2 is 2.06 bits per heavy atom. The molecule has 180 valence electrons. The molecular formula is C22H25F3N8O. The molecule has 0 spiro atoms. The highest BCUT2D eigenvalue weighted by Gasteiger charge is 2.28. The number of halogens is 3. The van der Waals surface area contributed by atoms with Gasteiger partial charge in [0.2, 0.25) is 11.8 Å². The van der Waals surface area contributed by atoms with Crippen LogP contribution in [-0.4, -0.2) is 80.4 Å². The first kappa shape index (κ1) is 22.4. The zero-order chi connectivity index (χ0) is 24.0. The van der Waals surface area contributed by atoms with Crippen LogP contribution in [0.5, 0.6) is 5.88 Å². The zero-order valence-corrected chi connectivity index (χ0v) is 19.0. The van der Waals surface area contributed by atoms with E-state index in [1.54, 1.807) is 22.8 Å². The predicted molar refractivity (Wildman–Crippen MR) is 121 cm³/mol. The number of nitrogens with one attached hydrogen (secondary N) is 1. The minimum atomic E-state index is -2.57. The Bertz CT molecular complexity index is 1320. The third-order valence-electron chi connectivity index (χ3n) is 6.26. The van der Waals surface area contributed by atoms with Crippen molar-refractivity contribution in [3.63, 3.8) is 0 Å². The number of ether oxygens (including phenoxy) is 1. The van der Waals surface area contributed by atoms with Crippen molar-refractivity contribution in [2.45, 2.75) is 38.0 Å². The fraction of sp³-hybridized carbons (Fsp3) is 0.455. The van der Waals surface area contributed by atoms with Crippen molar-refractivity contribution < 1.29 is 17.9 Å². The fourth-order valence-electron chi connectivity index (χ4n) is 4.32. The van der Waals surface area contributed by atoms with Crippen LogP contribution in [-0.2, 0) is 0 Å². The average Bonchev–Trinajstić information content (AvgIpc) is 3.43. The maximum absolute atomic E-state index is 14.5. The summed E-state index contributed by atoms with van der Waals surface area (Å²) >= 11 is 0. The van der Waals surface area contributed by atoms with E-state index in [0.29, 0.717) is 35.4 Å². The highest BCUT2D eigenvalue weighted by atomic mass is 19.3. The molecule has 1 saturated heterocycles. The number of aromatic nitrogens is 6. The van der Waals surface area contributed by atoms with Gasteiger partial charge in [0, 0.05) is 24.8 Å². The van der Waals surface area contributed by atoms with Crippen LogP contribution in [0, 0.1) is 0 Å². The minimum absolute atomic E-state index is 0.271. The Balaban J connectivity index is 1.52. The van der Waals surface area contributed by atoms with Gasteiger partial charge in [-0.1, -0.05) is 11.3 Å². The number of likely N-dealkylation sites (tertiary alicyclic amines) is 1. The normalized spacial score (nSPS) is 20.3. The molecule has 9 nitrogen and oxygen atoms in total. The van der Waals surface area contributed by atoms with Gasteiger partial charge in [-0.15, -0.1) is 10.2 Å². The van der Waals surface area contributed by atoms with Crippen molar-refractivity contribution in [1.29, 1.82) is 0 Å². The number of hydrogen-bond acceptors (Lipinski definition) is 7. The highest BCUT2D eigenvalue weighted by Crippen LogP contribution is 2.33. The number of anilines is 1. The van der Waals surface area contributed by atoms with Gasteiger partial charge in [0.25, 0.3) is 6.43 Å². The van der Waals surface area contributed by atoms with Gasteiger partial charge < -0.3 is 15.0 Å². The second-order valence-electron chi connectivity index (χ2n) is 8.60. The number of nitrogens with zero attached hydrogens (tertiary/aromatic N) is 7. The molecule has 4 heterocycles. The van der Waals surface area contributed by atoms with Gasteiger partial charge in [-0.05, 0) is 44.2 Å². The molecule has 1 N–H and O–H groups in total. The topological polar surface area (TPSA) is 85.4 Å². The zero-order valence-electron chi connectivity index (χ0n) is 19.0. The molecule has 5 rings (SSSR count). The molecule has 1 fully saturated rings. The van der Waals surface area contributed by atoms with E-state index in [2.05, 4.69) is 25.7 Å². The predicted octanol–water partition coefficient (Wildman–Crippen LogP) is 3.43.